The Morgan fingerprint density at radius 3 is 2.16 bits per heavy atom. The first-order valence-corrected chi connectivity index (χ1v) is 10.3. The first-order chi connectivity index (χ1) is 11.6. The Labute approximate surface area is 151 Å². The summed E-state index contributed by atoms with van der Waals surface area (Å²) in [6.07, 6.45) is 0.541. The van der Waals surface area contributed by atoms with E-state index in [2.05, 4.69) is 10.0 Å². The van der Waals surface area contributed by atoms with Gasteiger partial charge in [0.2, 0.25) is 10.0 Å². The summed E-state index contributed by atoms with van der Waals surface area (Å²) in [5, 5.41) is 2.24. The normalized spacial score (nSPS) is 18.8. The van der Waals surface area contributed by atoms with E-state index in [0.29, 0.717) is 18.7 Å². The number of anilines is 1. The van der Waals surface area contributed by atoms with Gasteiger partial charge in [-0.3, -0.25) is 0 Å². The molecule has 1 heterocycles. The van der Waals surface area contributed by atoms with Crippen molar-refractivity contribution in [2.75, 3.05) is 25.5 Å². The smallest absolute Gasteiger partial charge is 0.307 e. The summed E-state index contributed by atoms with van der Waals surface area (Å²) in [5.41, 5.74) is 2.71. The summed E-state index contributed by atoms with van der Waals surface area (Å²) in [5.74, 6) is 0.433. The van der Waals surface area contributed by atoms with Crippen LogP contribution in [0.1, 0.15) is 57.1 Å². The highest BCUT2D eigenvalue weighted by molar-refractivity contribution is 7.90. The Morgan fingerprint density at radius 2 is 1.72 bits per heavy atom. The maximum absolute atomic E-state index is 12.4. The van der Waals surface area contributed by atoms with Crippen molar-refractivity contribution in [2.45, 2.75) is 51.2 Å². The largest absolute Gasteiger partial charge is 0.332 e. The Hall–Kier alpha value is -1.60. The van der Waals surface area contributed by atoms with Gasteiger partial charge in [-0.05, 0) is 43.0 Å². The summed E-state index contributed by atoms with van der Waals surface area (Å²) in [4.78, 5) is 14.4. The number of rotatable bonds is 5. The number of para-hydroxylation sites is 1. The van der Waals surface area contributed by atoms with Crippen LogP contribution in [-0.2, 0) is 10.0 Å². The lowest BCUT2D eigenvalue weighted by Crippen LogP contribution is -2.41. The molecule has 1 aliphatic heterocycles. The van der Waals surface area contributed by atoms with E-state index in [-0.39, 0.29) is 11.8 Å². The van der Waals surface area contributed by atoms with Crippen LogP contribution in [0.5, 0.6) is 0 Å². The van der Waals surface area contributed by atoms with E-state index in [1.54, 1.807) is 0 Å². The highest BCUT2D eigenvalue weighted by atomic mass is 32.2. The minimum atomic E-state index is -3.68. The highest BCUT2D eigenvalue weighted by Gasteiger charge is 2.33. The lowest BCUT2D eigenvalue weighted by atomic mass is 9.93. The summed E-state index contributed by atoms with van der Waals surface area (Å²) in [6.45, 7) is 9.37. The molecule has 1 fully saturated rings. The molecule has 1 unspecified atom stereocenters. The van der Waals surface area contributed by atoms with Crippen molar-refractivity contribution < 1.29 is 13.2 Å². The number of carbonyl (C=O) groups excluding carboxylic acids is 1. The number of likely N-dealkylation sites (tertiary alicyclic amines) is 1. The average molecular weight is 368 g/mol. The van der Waals surface area contributed by atoms with Crippen molar-refractivity contribution in [3.8, 4) is 0 Å². The second kappa shape index (κ2) is 7.74. The number of nitrogens with zero attached hydrogens (tertiary/aromatic N) is 1. The molecule has 1 saturated heterocycles. The molecule has 7 heteroatoms. The minimum absolute atomic E-state index is 0.217. The van der Waals surface area contributed by atoms with Gasteiger partial charge in [-0.1, -0.05) is 45.9 Å². The van der Waals surface area contributed by atoms with Gasteiger partial charge in [0.05, 0.1) is 5.25 Å². The van der Waals surface area contributed by atoms with Crippen LogP contribution in [-0.4, -0.2) is 44.7 Å². The lowest BCUT2D eigenvalue weighted by molar-refractivity contribution is 0.256. The predicted molar refractivity (Wildman–Crippen MR) is 102 cm³/mol. The van der Waals surface area contributed by atoms with Gasteiger partial charge in [0.15, 0.2) is 0 Å². The molecule has 0 aliphatic carbocycles. The number of hydrogen-bond acceptors (Lipinski definition) is 4. The second-order valence-electron chi connectivity index (χ2n) is 7.39. The summed E-state index contributed by atoms with van der Waals surface area (Å²) >= 11 is 0. The molecule has 2 N–H and O–H groups in total. The maximum Gasteiger partial charge on any atom is 0.332 e. The van der Waals surface area contributed by atoms with E-state index in [1.807, 2.05) is 57.8 Å². The zero-order valence-electron chi connectivity index (χ0n) is 15.7. The second-order valence-corrected chi connectivity index (χ2v) is 9.36. The topological polar surface area (TPSA) is 78.5 Å². The number of amides is 2. The standard InChI is InChI=1S/C18H29N3O3S/c1-12(2)15-7-6-8-16(13(3)4)17(15)19-18(22)20-25(23,24)14-9-10-21(5)11-14/h6-8,12-14H,9-11H2,1-5H3,(H2,19,20,22). The van der Waals surface area contributed by atoms with Gasteiger partial charge in [0, 0.05) is 12.2 Å². The van der Waals surface area contributed by atoms with Gasteiger partial charge in [-0.2, -0.15) is 0 Å². The van der Waals surface area contributed by atoms with Crippen LogP contribution in [0.15, 0.2) is 18.2 Å². The highest BCUT2D eigenvalue weighted by Crippen LogP contribution is 2.32. The average Bonchev–Trinajstić information content (AvgIpc) is 2.93. The molecule has 25 heavy (non-hydrogen) atoms. The third kappa shape index (κ3) is 4.73. The van der Waals surface area contributed by atoms with E-state index in [1.165, 1.54) is 0 Å². The van der Waals surface area contributed by atoms with E-state index in [9.17, 15) is 13.2 Å². The minimum Gasteiger partial charge on any atom is -0.307 e. The molecule has 1 aromatic carbocycles. The molecule has 2 amide bonds. The van der Waals surface area contributed by atoms with E-state index in [4.69, 9.17) is 0 Å². The van der Waals surface area contributed by atoms with Gasteiger partial charge >= 0.3 is 6.03 Å². The van der Waals surface area contributed by atoms with Crippen LogP contribution in [0.2, 0.25) is 0 Å². The lowest BCUT2D eigenvalue weighted by Gasteiger charge is -2.21. The van der Waals surface area contributed by atoms with Crippen molar-refractivity contribution in [1.82, 2.24) is 9.62 Å². The van der Waals surface area contributed by atoms with Gasteiger partial charge in [0.25, 0.3) is 0 Å². The summed E-state index contributed by atoms with van der Waals surface area (Å²) in [7, 11) is -1.80. The molecule has 0 bridgehead atoms. The van der Waals surface area contributed by atoms with Crippen molar-refractivity contribution in [3.63, 3.8) is 0 Å². The van der Waals surface area contributed by atoms with Crippen molar-refractivity contribution in [3.05, 3.63) is 29.3 Å². The number of carbonyl (C=O) groups is 1. The quantitative estimate of drug-likeness (QED) is 0.838. The zero-order valence-corrected chi connectivity index (χ0v) is 16.5. The fourth-order valence-corrected chi connectivity index (χ4v) is 4.54. The van der Waals surface area contributed by atoms with Crippen molar-refractivity contribution in [2.24, 2.45) is 0 Å². The van der Waals surface area contributed by atoms with Crippen LogP contribution in [0.3, 0.4) is 0 Å². The monoisotopic (exact) mass is 367 g/mol. The van der Waals surface area contributed by atoms with E-state index < -0.39 is 21.3 Å². The van der Waals surface area contributed by atoms with Crippen LogP contribution in [0, 0.1) is 0 Å². The number of hydrogen-bond donors (Lipinski definition) is 2. The first kappa shape index (κ1) is 19.7. The molecule has 0 spiro atoms. The molecule has 0 aromatic heterocycles. The molecule has 1 aromatic rings. The molecule has 0 saturated carbocycles. The number of urea groups is 1. The summed E-state index contributed by atoms with van der Waals surface area (Å²) < 4.78 is 27.0. The van der Waals surface area contributed by atoms with Crippen LogP contribution >= 0.6 is 0 Å². The fraction of sp³-hybridized carbons (Fsp3) is 0.611. The maximum atomic E-state index is 12.4. The molecular formula is C18H29N3O3S. The molecular weight excluding hydrogens is 338 g/mol. The Morgan fingerprint density at radius 1 is 1.16 bits per heavy atom. The Kier molecular flexibility index (Phi) is 6.11. The van der Waals surface area contributed by atoms with Gasteiger partial charge in [-0.25, -0.2) is 17.9 Å². The number of benzene rings is 1. The Balaban J connectivity index is 2.20. The van der Waals surface area contributed by atoms with Gasteiger partial charge in [-0.15, -0.1) is 0 Å². The molecule has 2 rings (SSSR count). The van der Waals surface area contributed by atoms with Crippen LogP contribution < -0.4 is 10.0 Å². The van der Waals surface area contributed by atoms with Crippen LogP contribution in [0.4, 0.5) is 10.5 Å². The van der Waals surface area contributed by atoms with Crippen molar-refractivity contribution >= 4 is 21.7 Å². The van der Waals surface area contributed by atoms with Gasteiger partial charge < -0.3 is 10.2 Å². The molecule has 1 aliphatic rings. The van der Waals surface area contributed by atoms with Crippen molar-refractivity contribution in [1.29, 1.82) is 0 Å². The summed E-state index contributed by atoms with van der Waals surface area (Å²) in [6, 6.07) is 5.21. The SMILES string of the molecule is CC(C)c1cccc(C(C)C)c1NC(=O)NS(=O)(=O)C1CCN(C)C1. The molecule has 0 radical (unpaired) electrons. The molecule has 6 nitrogen and oxygen atoms in total. The van der Waals surface area contributed by atoms with E-state index in [0.717, 1.165) is 17.7 Å². The fourth-order valence-electron chi connectivity index (χ4n) is 3.19. The van der Waals surface area contributed by atoms with E-state index >= 15 is 0 Å². The third-order valence-corrected chi connectivity index (χ3v) is 6.37. The zero-order chi connectivity index (χ0) is 18.8. The predicted octanol–water partition coefficient (Wildman–Crippen LogP) is 3.09. The first-order valence-electron chi connectivity index (χ1n) is 8.75. The number of sulfonamides is 1. The number of nitrogens with one attached hydrogen (secondary N) is 2. The molecule has 140 valence electrons. The van der Waals surface area contributed by atoms with Crippen LogP contribution in [0.25, 0.3) is 0 Å². The van der Waals surface area contributed by atoms with Gasteiger partial charge in [0.1, 0.15) is 0 Å². The third-order valence-electron chi connectivity index (χ3n) is 4.63. The Bertz CT molecular complexity index is 703. The molecule has 1 atom stereocenters.